The first-order chi connectivity index (χ1) is 14.6. The molecule has 0 aliphatic carbocycles. The van der Waals surface area contributed by atoms with Crippen molar-refractivity contribution in [2.24, 2.45) is 0 Å². The lowest BCUT2D eigenvalue weighted by Gasteiger charge is -2.37. The van der Waals surface area contributed by atoms with Gasteiger partial charge >= 0.3 is 0 Å². The van der Waals surface area contributed by atoms with Crippen LogP contribution in [0.3, 0.4) is 0 Å². The van der Waals surface area contributed by atoms with E-state index in [-0.39, 0.29) is 17.9 Å². The minimum absolute atomic E-state index is 0.0682. The van der Waals surface area contributed by atoms with Crippen molar-refractivity contribution < 1.29 is 14.0 Å². The molecule has 0 unspecified atom stereocenters. The molecule has 7 nitrogen and oxygen atoms in total. The number of benzene rings is 2. The number of para-hydroxylation sites is 2. The maximum Gasteiger partial charge on any atom is 0.214 e. The summed E-state index contributed by atoms with van der Waals surface area (Å²) < 4.78 is 21.8. The molecular weight excluding hydrogens is 383 g/mol. The average molecular weight is 412 g/mol. The Hall–Kier alpha value is -3.00. The number of methoxy groups -OCH3 is 1. The molecule has 0 bridgehead atoms. The normalized spacial score (nSPS) is 16.1. The number of aromatic nitrogens is 4. The first-order valence-electron chi connectivity index (χ1n) is 10.3. The van der Waals surface area contributed by atoms with E-state index in [0.717, 1.165) is 43.3 Å². The molecule has 158 valence electrons. The van der Waals surface area contributed by atoms with Gasteiger partial charge in [0.2, 0.25) is 5.82 Å². The van der Waals surface area contributed by atoms with Gasteiger partial charge in [0.05, 0.1) is 50.6 Å². The van der Waals surface area contributed by atoms with Crippen LogP contribution in [0.25, 0.3) is 0 Å². The maximum absolute atomic E-state index is 14.3. The highest BCUT2D eigenvalue weighted by atomic mass is 19.1. The summed E-state index contributed by atoms with van der Waals surface area (Å²) in [5.41, 5.74) is 1.73. The van der Waals surface area contributed by atoms with Crippen molar-refractivity contribution in [3.8, 4) is 5.75 Å². The summed E-state index contributed by atoms with van der Waals surface area (Å²) in [7, 11) is 1.69. The van der Waals surface area contributed by atoms with Gasteiger partial charge in [-0.25, -0.2) is 9.07 Å². The minimum Gasteiger partial charge on any atom is -0.496 e. The fourth-order valence-electron chi connectivity index (χ4n) is 4.24. The Balaban J connectivity index is 1.66. The molecule has 1 N–H and O–H groups in total. The van der Waals surface area contributed by atoms with Gasteiger partial charge in [-0.1, -0.05) is 24.3 Å². The summed E-state index contributed by atoms with van der Waals surface area (Å²) in [6.45, 7) is 7.33. The predicted octanol–water partition coefficient (Wildman–Crippen LogP) is 1.90. The van der Waals surface area contributed by atoms with E-state index in [1.54, 1.807) is 13.2 Å². The molecule has 4 rings (SSSR count). The number of quaternary nitrogens is 1. The highest BCUT2D eigenvalue weighted by molar-refractivity contribution is 5.47. The molecule has 1 fully saturated rings. The standard InChI is InChI=1S/C22H27FN6O/c1-16(2)29-22(24-25-26-29)21(17-8-4-7-11-20(17)30-3)28-14-12-27(13-15-28)19-10-6-5-9-18(19)23/h4-11,16,21H,12-15H2,1-3H3/p+1/t21-/m0/s1. The van der Waals surface area contributed by atoms with E-state index in [9.17, 15) is 4.39 Å². The monoisotopic (exact) mass is 411 g/mol. The van der Waals surface area contributed by atoms with Gasteiger partial charge in [-0.05, 0) is 48.5 Å². The van der Waals surface area contributed by atoms with Crippen LogP contribution in [0, 0.1) is 5.82 Å². The number of tetrazole rings is 1. The molecule has 0 spiro atoms. The minimum atomic E-state index is -0.175. The third-order valence-electron chi connectivity index (χ3n) is 5.72. The number of hydrogen-bond acceptors (Lipinski definition) is 5. The van der Waals surface area contributed by atoms with Crippen molar-refractivity contribution in [1.29, 1.82) is 0 Å². The van der Waals surface area contributed by atoms with Crippen LogP contribution in [0.1, 0.15) is 37.3 Å². The van der Waals surface area contributed by atoms with Crippen molar-refractivity contribution in [2.75, 3.05) is 38.2 Å². The van der Waals surface area contributed by atoms with E-state index >= 15 is 0 Å². The molecule has 2 heterocycles. The van der Waals surface area contributed by atoms with E-state index in [0.29, 0.717) is 5.69 Å². The quantitative estimate of drug-likeness (QED) is 0.671. The van der Waals surface area contributed by atoms with Gasteiger partial charge in [0.25, 0.3) is 0 Å². The smallest absolute Gasteiger partial charge is 0.214 e. The number of ether oxygens (including phenoxy) is 1. The molecule has 3 aromatic rings. The molecule has 1 aliphatic rings. The zero-order valence-electron chi connectivity index (χ0n) is 17.6. The average Bonchev–Trinajstić information content (AvgIpc) is 3.25. The van der Waals surface area contributed by atoms with Crippen LogP contribution in [0.2, 0.25) is 0 Å². The van der Waals surface area contributed by atoms with Crippen molar-refractivity contribution in [2.45, 2.75) is 25.9 Å². The molecule has 30 heavy (non-hydrogen) atoms. The van der Waals surface area contributed by atoms with Crippen LogP contribution in [0.5, 0.6) is 5.75 Å². The van der Waals surface area contributed by atoms with Crippen molar-refractivity contribution in [3.63, 3.8) is 0 Å². The first kappa shape index (κ1) is 20.3. The highest BCUT2D eigenvalue weighted by Crippen LogP contribution is 2.28. The van der Waals surface area contributed by atoms with Crippen LogP contribution in [-0.2, 0) is 0 Å². The topological polar surface area (TPSA) is 60.5 Å². The van der Waals surface area contributed by atoms with Crippen molar-refractivity contribution in [3.05, 3.63) is 65.7 Å². The first-order valence-corrected chi connectivity index (χ1v) is 10.3. The van der Waals surface area contributed by atoms with Crippen molar-refractivity contribution in [1.82, 2.24) is 20.2 Å². The Kier molecular flexibility index (Phi) is 5.94. The number of nitrogens with zero attached hydrogens (tertiary/aromatic N) is 5. The summed E-state index contributed by atoms with van der Waals surface area (Å²) in [6.07, 6.45) is 0. The molecule has 1 atom stereocenters. The lowest BCUT2D eigenvalue weighted by atomic mass is 10.0. The molecule has 0 amide bonds. The maximum atomic E-state index is 14.3. The summed E-state index contributed by atoms with van der Waals surface area (Å²) in [4.78, 5) is 3.45. The summed E-state index contributed by atoms with van der Waals surface area (Å²) in [5, 5.41) is 12.6. The predicted molar refractivity (Wildman–Crippen MR) is 112 cm³/mol. The van der Waals surface area contributed by atoms with E-state index in [2.05, 4.69) is 40.3 Å². The Morgan fingerprint density at radius 1 is 1.03 bits per heavy atom. The van der Waals surface area contributed by atoms with Gasteiger partial charge < -0.3 is 14.5 Å². The second kappa shape index (κ2) is 8.79. The Bertz CT molecular complexity index is 983. The molecule has 2 aromatic carbocycles. The molecule has 0 radical (unpaired) electrons. The van der Waals surface area contributed by atoms with E-state index in [4.69, 9.17) is 4.74 Å². The van der Waals surface area contributed by atoms with Gasteiger partial charge in [0.1, 0.15) is 11.6 Å². The third-order valence-corrected chi connectivity index (χ3v) is 5.72. The Morgan fingerprint density at radius 3 is 2.43 bits per heavy atom. The van der Waals surface area contributed by atoms with E-state index < -0.39 is 0 Å². The second-order valence-corrected chi connectivity index (χ2v) is 7.85. The number of rotatable bonds is 6. The Labute approximate surface area is 176 Å². The molecule has 8 heteroatoms. The largest absolute Gasteiger partial charge is 0.496 e. The summed E-state index contributed by atoms with van der Waals surface area (Å²) >= 11 is 0. The van der Waals surface area contributed by atoms with Crippen LogP contribution in [0.4, 0.5) is 10.1 Å². The van der Waals surface area contributed by atoms with E-state index in [1.165, 1.54) is 11.0 Å². The number of anilines is 1. The highest BCUT2D eigenvalue weighted by Gasteiger charge is 2.36. The fourth-order valence-corrected chi connectivity index (χ4v) is 4.24. The number of halogens is 1. The fraction of sp³-hybridized carbons (Fsp3) is 0.409. The third kappa shape index (κ3) is 3.87. The number of nitrogens with one attached hydrogen (secondary N) is 1. The van der Waals surface area contributed by atoms with Gasteiger partial charge in [-0.15, -0.1) is 5.10 Å². The number of piperazine rings is 1. The summed E-state index contributed by atoms with van der Waals surface area (Å²) in [5.74, 6) is 1.47. The molecule has 0 saturated carbocycles. The zero-order valence-corrected chi connectivity index (χ0v) is 17.6. The van der Waals surface area contributed by atoms with Crippen LogP contribution in [0.15, 0.2) is 48.5 Å². The van der Waals surface area contributed by atoms with Gasteiger partial charge in [0.15, 0.2) is 6.04 Å². The lowest BCUT2D eigenvalue weighted by molar-refractivity contribution is -0.927. The van der Waals surface area contributed by atoms with Gasteiger partial charge in [0, 0.05) is 0 Å². The molecule has 1 aliphatic heterocycles. The molecule has 1 saturated heterocycles. The van der Waals surface area contributed by atoms with Crippen LogP contribution >= 0.6 is 0 Å². The van der Waals surface area contributed by atoms with E-state index in [1.807, 2.05) is 35.0 Å². The van der Waals surface area contributed by atoms with Gasteiger partial charge in [-0.3, -0.25) is 0 Å². The second-order valence-electron chi connectivity index (χ2n) is 7.85. The van der Waals surface area contributed by atoms with Gasteiger partial charge in [-0.2, -0.15) is 0 Å². The Morgan fingerprint density at radius 2 is 1.73 bits per heavy atom. The van der Waals surface area contributed by atoms with Crippen LogP contribution < -0.4 is 14.5 Å². The molecule has 1 aromatic heterocycles. The van der Waals surface area contributed by atoms with Crippen molar-refractivity contribution >= 4 is 5.69 Å². The zero-order chi connectivity index (χ0) is 21.1. The lowest BCUT2D eigenvalue weighted by Crippen LogP contribution is -3.15. The number of hydrogen-bond donors (Lipinski definition) is 1. The summed E-state index contributed by atoms with van der Waals surface area (Å²) in [6, 6.07) is 15.1. The van der Waals surface area contributed by atoms with Crippen LogP contribution in [-0.4, -0.2) is 53.5 Å². The molecular formula is C22H28FN6O+. The SMILES string of the molecule is COc1ccccc1[C@@H](c1nnnn1C(C)C)[NH+]1CCN(c2ccccc2F)CC1.